The molecule has 0 aromatic heterocycles. The normalized spacial score (nSPS) is 38.8. The fourth-order valence-electron chi connectivity index (χ4n) is 5.84. The first kappa shape index (κ1) is 31.0. The minimum atomic E-state index is -1.69. The van der Waals surface area contributed by atoms with Gasteiger partial charge in [-0.3, -0.25) is 0 Å². The maximum absolute atomic E-state index is 12.3. The van der Waals surface area contributed by atoms with Crippen LogP contribution in [0.15, 0.2) is 36.4 Å². The smallest absolute Gasteiger partial charge is 0.330 e. The standard InChI is InChI=1S/C28H38O13/c1-26-11-15(29)12-27(2,39-14-26)28(26,35)8-6-5-7-20(31)38-13-19-21(32)22(33)23(34)25(41-19)40-16-9-17(30)24(37-4)18(10-16)36-3/h5-10,15,19,21-23,25,29-30,32-35H,11-14H2,1-4H3/b7-5+,8-6+/t15-,19+,21+,22-,23+,25+,26+,27+,28-/m0/s1. The number of hydrogen-bond donors (Lipinski definition) is 6. The lowest BCUT2D eigenvalue weighted by Gasteiger charge is -2.49. The maximum Gasteiger partial charge on any atom is 0.330 e. The van der Waals surface area contributed by atoms with E-state index >= 15 is 0 Å². The Balaban J connectivity index is 1.36. The summed E-state index contributed by atoms with van der Waals surface area (Å²) >= 11 is 0. The molecule has 3 fully saturated rings. The van der Waals surface area contributed by atoms with Crippen molar-refractivity contribution in [2.45, 2.75) is 74.7 Å². The van der Waals surface area contributed by atoms with Gasteiger partial charge in [0.2, 0.25) is 12.0 Å². The molecule has 4 rings (SSSR count). The van der Waals surface area contributed by atoms with Gasteiger partial charge in [-0.25, -0.2) is 4.79 Å². The summed E-state index contributed by atoms with van der Waals surface area (Å²) in [4.78, 5) is 12.3. The van der Waals surface area contributed by atoms with E-state index in [2.05, 4.69) is 0 Å². The minimum absolute atomic E-state index is 0.00828. The van der Waals surface area contributed by atoms with Crippen LogP contribution in [0.25, 0.3) is 0 Å². The lowest BCUT2D eigenvalue weighted by molar-refractivity contribution is -0.278. The number of carbonyl (C=O) groups excluding carboxylic acids is 1. The van der Waals surface area contributed by atoms with Crippen LogP contribution >= 0.6 is 0 Å². The number of allylic oxidation sites excluding steroid dienone is 2. The monoisotopic (exact) mass is 582 g/mol. The first-order valence-corrected chi connectivity index (χ1v) is 13.2. The Bertz CT molecular complexity index is 1150. The van der Waals surface area contributed by atoms with Crippen LogP contribution in [0, 0.1) is 5.41 Å². The molecule has 2 heterocycles. The highest BCUT2D eigenvalue weighted by molar-refractivity contribution is 5.82. The van der Waals surface area contributed by atoms with Crippen molar-refractivity contribution in [1.29, 1.82) is 0 Å². The Labute approximate surface area is 237 Å². The Morgan fingerprint density at radius 1 is 1.05 bits per heavy atom. The van der Waals surface area contributed by atoms with E-state index in [0.29, 0.717) is 6.42 Å². The minimum Gasteiger partial charge on any atom is -0.504 e. The van der Waals surface area contributed by atoms with E-state index in [1.54, 1.807) is 13.0 Å². The van der Waals surface area contributed by atoms with Crippen molar-refractivity contribution in [2.24, 2.45) is 5.41 Å². The SMILES string of the molecule is COc1cc(O[C@@H]2O[C@H](COC(=O)/C=C/C=C/[C@]3(O)[C@@]4(C)CO[C@]3(C)C[C@@H](O)C4)[C@@H](O)[C@H](O)[C@H]2O)cc(O)c1OC. The molecule has 0 amide bonds. The molecule has 1 saturated carbocycles. The molecule has 3 aliphatic rings. The molecule has 2 aliphatic heterocycles. The van der Waals surface area contributed by atoms with E-state index in [4.69, 9.17) is 28.4 Å². The molecule has 13 nitrogen and oxygen atoms in total. The van der Waals surface area contributed by atoms with Gasteiger partial charge >= 0.3 is 5.97 Å². The third kappa shape index (κ3) is 5.75. The van der Waals surface area contributed by atoms with Crippen LogP contribution in [-0.2, 0) is 19.0 Å². The molecule has 228 valence electrons. The summed E-state index contributed by atoms with van der Waals surface area (Å²) in [5.41, 5.74) is -3.03. The molecule has 1 aromatic carbocycles. The number of carbonyl (C=O) groups is 1. The molecule has 13 heteroatoms. The van der Waals surface area contributed by atoms with E-state index in [1.807, 2.05) is 6.92 Å². The number of esters is 1. The molecule has 0 radical (unpaired) electrons. The summed E-state index contributed by atoms with van der Waals surface area (Å²) in [6.45, 7) is 3.39. The largest absolute Gasteiger partial charge is 0.504 e. The molecule has 1 aliphatic carbocycles. The van der Waals surface area contributed by atoms with Gasteiger partial charge in [-0.15, -0.1) is 0 Å². The number of aliphatic hydroxyl groups excluding tert-OH is 4. The zero-order chi connectivity index (χ0) is 30.2. The van der Waals surface area contributed by atoms with Gasteiger partial charge in [0.25, 0.3) is 0 Å². The highest BCUT2D eigenvalue weighted by atomic mass is 16.7. The molecule has 2 bridgehead atoms. The fourth-order valence-corrected chi connectivity index (χ4v) is 5.84. The molecule has 9 atom stereocenters. The number of rotatable bonds is 9. The van der Waals surface area contributed by atoms with E-state index in [1.165, 1.54) is 38.5 Å². The number of phenolic OH excluding ortho intramolecular Hbond substituents is 1. The van der Waals surface area contributed by atoms with Gasteiger partial charge in [-0.2, -0.15) is 0 Å². The highest BCUT2D eigenvalue weighted by Gasteiger charge is 2.67. The molecule has 2 saturated heterocycles. The fraction of sp³-hybridized carbons (Fsp3) is 0.607. The van der Waals surface area contributed by atoms with Crippen molar-refractivity contribution in [3.8, 4) is 23.0 Å². The highest BCUT2D eigenvalue weighted by Crippen LogP contribution is 2.57. The van der Waals surface area contributed by atoms with Crippen LogP contribution in [0.4, 0.5) is 0 Å². The summed E-state index contributed by atoms with van der Waals surface area (Å²) in [6.07, 6.45) is -2.14. The van der Waals surface area contributed by atoms with Crippen LogP contribution < -0.4 is 14.2 Å². The Morgan fingerprint density at radius 3 is 2.44 bits per heavy atom. The van der Waals surface area contributed by atoms with Gasteiger partial charge in [0.15, 0.2) is 11.5 Å². The first-order valence-electron chi connectivity index (χ1n) is 13.2. The van der Waals surface area contributed by atoms with Crippen molar-refractivity contribution in [1.82, 2.24) is 0 Å². The summed E-state index contributed by atoms with van der Waals surface area (Å²) in [6, 6.07) is 2.55. The van der Waals surface area contributed by atoms with Crippen molar-refractivity contribution in [2.75, 3.05) is 27.4 Å². The summed E-state index contributed by atoms with van der Waals surface area (Å²) in [5, 5.41) is 62.8. The predicted octanol–water partition coefficient (Wildman–Crippen LogP) is -0.0676. The number of aromatic hydroxyl groups is 1. The number of aliphatic hydroxyl groups is 5. The van der Waals surface area contributed by atoms with Gasteiger partial charge in [-0.1, -0.05) is 19.1 Å². The molecule has 1 aromatic rings. The number of hydrogen-bond acceptors (Lipinski definition) is 13. The zero-order valence-electron chi connectivity index (χ0n) is 23.3. The van der Waals surface area contributed by atoms with E-state index in [0.717, 1.165) is 6.08 Å². The quantitative estimate of drug-likeness (QED) is 0.129. The molecule has 6 N–H and O–H groups in total. The van der Waals surface area contributed by atoms with E-state index in [9.17, 15) is 35.4 Å². The first-order chi connectivity index (χ1) is 19.3. The zero-order valence-corrected chi connectivity index (χ0v) is 23.3. The predicted molar refractivity (Wildman–Crippen MR) is 140 cm³/mol. The van der Waals surface area contributed by atoms with Crippen molar-refractivity contribution in [3.63, 3.8) is 0 Å². The molecule has 0 unspecified atom stereocenters. The summed E-state index contributed by atoms with van der Waals surface area (Å²) in [5.74, 6) is -0.902. The molecular formula is C28H38O13. The van der Waals surface area contributed by atoms with Crippen molar-refractivity contribution in [3.05, 3.63) is 36.4 Å². The van der Waals surface area contributed by atoms with Gasteiger partial charge in [0.1, 0.15) is 48.0 Å². The van der Waals surface area contributed by atoms with E-state index in [-0.39, 0.29) is 36.0 Å². The number of fused-ring (bicyclic) bond motifs is 2. The van der Waals surface area contributed by atoms with Gasteiger partial charge in [-0.05, 0) is 19.4 Å². The number of phenols is 1. The molecule has 41 heavy (non-hydrogen) atoms. The second kappa shape index (κ2) is 11.8. The molecular weight excluding hydrogens is 544 g/mol. The lowest BCUT2D eigenvalue weighted by atomic mass is 9.59. The van der Waals surface area contributed by atoms with Crippen LogP contribution in [0.5, 0.6) is 23.0 Å². The number of ether oxygens (including phenoxy) is 6. The average Bonchev–Trinajstić information content (AvgIpc) is 3.01. The molecule has 0 spiro atoms. The van der Waals surface area contributed by atoms with Crippen molar-refractivity contribution < 1.29 is 63.9 Å². The van der Waals surface area contributed by atoms with Crippen molar-refractivity contribution >= 4 is 5.97 Å². The second-order valence-electron chi connectivity index (χ2n) is 11.1. The van der Waals surface area contributed by atoms with Gasteiger partial charge in [0, 0.05) is 30.0 Å². The number of benzene rings is 1. The van der Waals surface area contributed by atoms with E-state index < -0.39 is 66.0 Å². The Morgan fingerprint density at radius 2 is 1.78 bits per heavy atom. The van der Waals surface area contributed by atoms with Crippen LogP contribution in [-0.4, -0.2) is 112 Å². The lowest BCUT2D eigenvalue weighted by Crippen LogP contribution is -2.60. The number of methoxy groups -OCH3 is 2. The van der Waals surface area contributed by atoms with Gasteiger partial charge in [0.05, 0.1) is 26.9 Å². The third-order valence-corrected chi connectivity index (χ3v) is 8.17. The second-order valence-corrected chi connectivity index (χ2v) is 11.1. The summed E-state index contributed by atoms with van der Waals surface area (Å²) in [7, 11) is 2.69. The Hall–Kier alpha value is -2.91. The van der Waals surface area contributed by atoms with Gasteiger partial charge < -0.3 is 59.1 Å². The summed E-state index contributed by atoms with van der Waals surface area (Å²) < 4.78 is 32.4. The Kier molecular flexibility index (Phi) is 8.90. The third-order valence-electron chi connectivity index (χ3n) is 8.17. The maximum atomic E-state index is 12.3. The average molecular weight is 583 g/mol. The van der Waals surface area contributed by atoms with Crippen LogP contribution in [0.1, 0.15) is 26.7 Å². The topological polar surface area (TPSA) is 194 Å². The van der Waals surface area contributed by atoms with Crippen LogP contribution in [0.3, 0.4) is 0 Å². The van der Waals surface area contributed by atoms with Crippen LogP contribution in [0.2, 0.25) is 0 Å².